The third kappa shape index (κ3) is 4.10. The molecule has 0 spiro atoms. The third-order valence-electron chi connectivity index (χ3n) is 4.15. The van der Waals surface area contributed by atoms with Gasteiger partial charge >= 0.3 is 0 Å². The van der Waals surface area contributed by atoms with Crippen LogP contribution in [-0.4, -0.2) is 33.0 Å². The summed E-state index contributed by atoms with van der Waals surface area (Å²) in [4.78, 5) is 25.9. The van der Waals surface area contributed by atoms with Crippen molar-refractivity contribution in [3.05, 3.63) is 29.8 Å². The zero-order valence-corrected chi connectivity index (χ0v) is 14.4. The van der Waals surface area contributed by atoms with Crippen LogP contribution < -0.4 is 9.62 Å². The fraction of sp³-hybridized carbons (Fsp3) is 0.500. The Morgan fingerprint density at radius 3 is 2.65 bits per heavy atom. The number of para-hydroxylation sites is 1. The highest BCUT2D eigenvalue weighted by atomic mass is 32.2. The van der Waals surface area contributed by atoms with Gasteiger partial charge in [0.05, 0.1) is 12.2 Å². The van der Waals surface area contributed by atoms with E-state index in [1.165, 1.54) is 0 Å². The average Bonchev–Trinajstić information content (AvgIpc) is 2.87. The molecule has 0 saturated carbocycles. The van der Waals surface area contributed by atoms with Gasteiger partial charge in [-0.2, -0.15) is 0 Å². The van der Waals surface area contributed by atoms with E-state index in [4.69, 9.17) is 0 Å². The molecule has 1 heterocycles. The molecule has 1 aliphatic heterocycles. The highest BCUT2D eigenvalue weighted by molar-refractivity contribution is 7.89. The summed E-state index contributed by atoms with van der Waals surface area (Å²) in [5.41, 5.74) is 1.87. The molecule has 6 nitrogen and oxygen atoms in total. The fourth-order valence-electron chi connectivity index (χ4n) is 2.75. The van der Waals surface area contributed by atoms with Gasteiger partial charge in [0.2, 0.25) is 21.8 Å². The summed E-state index contributed by atoms with van der Waals surface area (Å²) in [6.45, 7) is 4.37. The molecule has 1 fully saturated rings. The molecular formula is C16H22N2O4S. The van der Waals surface area contributed by atoms with Crippen LogP contribution >= 0.6 is 0 Å². The lowest BCUT2D eigenvalue weighted by molar-refractivity contribution is -0.124. The molecule has 2 atom stereocenters. The van der Waals surface area contributed by atoms with Gasteiger partial charge in [-0.05, 0) is 24.0 Å². The van der Waals surface area contributed by atoms with E-state index in [9.17, 15) is 18.0 Å². The molecule has 1 aromatic rings. The van der Waals surface area contributed by atoms with Crippen molar-refractivity contribution < 1.29 is 18.0 Å². The van der Waals surface area contributed by atoms with Crippen molar-refractivity contribution in [3.63, 3.8) is 0 Å². The number of carbonyl (C=O) groups excluding carboxylic acids is 2. The van der Waals surface area contributed by atoms with Gasteiger partial charge in [0.15, 0.2) is 0 Å². The second-order valence-corrected chi connectivity index (χ2v) is 7.76. The number of hydrogen-bond donors (Lipinski definition) is 1. The Morgan fingerprint density at radius 2 is 2.04 bits per heavy atom. The van der Waals surface area contributed by atoms with Crippen molar-refractivity contribution in [1.29, 1.82) is 0 Å². The van der Waals surface area contributed by atoms with Crippen LogP contribution in [0.5, 0.6) is 0 Å². The number of sulfonamides is 1. The lowest BCUT2D eigenvalue weighted by Gasteiger charge is -2.23. The molecule has 0 aliphatic carbocycles. The van der Waals surface area contributed by atoms with Gasteiger partial charge in [-0.15, -0.1) is 0 Å². The summed E-state index contributed by atoms with van der Waals surface area (Å²) in [6, 6.07) is 7.65. The molecule has 126 valence electrons. The number of carbonyl (C=O) groups is 2. The van der Waals surface area contributed by atoms with Crippen molar-refractivity contribution >= 4 is 27.5 Å². The topological polar surface area (TPSA) is 83.6 Å². The molecule has 0 aromatic heterocycles. The van der Waals surface area contributed by atoms with Crippen molar-refractivity contribution in [3.8, 4) is 0 Å². The van der Waals surface area contributed by atoms with E-state index in [-0.39, 0.29) is 18.9 Å². The van der Waals surface area contributed by atoms with Gasteiger partial charge < -0.3 is 4.90 Å². The molecule has 2 amide bonds. The molecule has 1 aliphatic rings. The maximum atomic E-state index is 12.3. The van der Waals surface area contributed by atoms with Crippen LogP contribution in [0.3, 0.4) is 0 Å². The van der Waals surface area contributed by atoms with Gasteiger partial charge in [-0.25, -0.2) is 8.42 Å². The smallest absolute Gasteiger partial charge is 0.238 e. The van der Waals surface area contributed by atoms with E-state index in [2.05, 4.69) is 13.8 Å². The molecule has 1 N–H and O–H groups in total. The Kier molecular flexibility index (Phi) is 5.09. The van der Waals surface area contributed by atoms with E-state index in [0.29, 0.717) is 5.92 Å². The second-order valence-electron chi connectivity index (χ2n) is 6.01. The van der Waals surface area contributed by atoms with Crippen LogP contribution in [0.25, 0.3) is 0 Å². The van der Waals surface area contributed by atoms with Gasteiger partial charge in [0, 0.05) is 18.7 Å². The number of nitrogens with one attached hydrogen (secondary N) is 1. The van der Waals surface area contributed by atoms with E-state index in [1.54, 1.807) is 4.90 Å². The van der Waals surface area contributed by atoms with Crippen molar-refractivity contribution in [2.24, 2.45) is 5.92 Å². The maximum absolute atomic E-state index is 12.3. The maximum Gasteiger partial charge on any atom is 0.238 e. The minimum Gasteiger partial charge on any atom is -0.311 e. The Morgan fingerprint density at radius 1 is 1.39 bits per heavy atom. The predicted molar refractivity (Wildman–Crippen MR) is 88.6 cm³/mol. The molecular weight excluding hydrogens is 316 g/mol. The summed E-state index contributed by atoms with van der Waals surface area (Å²) < 4.78 is 24.3. The van der Waals surface area contributed by atoms with Crippen LogP contribution in [0.15, 0.2) is 24.3 Å². The zero-order valence-electron chi connectivity index (χ0n) is 13.6. The lowest BCUT2D eigenvalue weighted by atomic mass is 9.96. The van der Waals surface area contributed by atoms with Gasteiger partial charge in [0.25, 0.3) is 0 Å². The second kappa shape index (κ2) is 6.70. The molecule has 2 unspecified atom stereocenters. The van der Waals surface area contributed by atoms with E-state index >= 15 is 0 Å². The highest BCUT2D eigenvalue weighted by Crippen LogP contribution is 2.33. The highest BCUT2D eigenvalue weighted by Gasteiger charge is 2.37. The number of hydrogen-bond acceptors (Lipinski definition) is 4. The van der Waals surface area contributed by atoms with Crippen molar-refractivity contribution in [2.75, 3.05) is 17.7 Å². The summed E-state index contributed by atoms with van der Waals surface area (Å²) >= 11 is 0. The Labute approximate surface area is 136 Å². The average molecular weight is 338 g/mol. The Bertz CT molecular complexity index is 715. The minimum absolute atomic E-state index is 0.0240. The van der Waals surface area contributed by atoms with E-state index in [0.717, 1.165) is 23.9 Å². The van der Waals surface area contributed by atoms with Gasteiger partial charge in [-0.3, -0.25) is 14.3 Å². The molecule has 1 saturated heterocycles. The first kappa shape index (κ1) is 17.5. The molecule has 1 aromatic carbocycles. The van der Waals surface area contributed by atoms with Crippen molar-refractivity contribution in [1.82, 2.24) is 4.72 Å². The Balaban J connectivity index is 2.23. The summed E-state index contributed by atoms with van der Waals surface area (Å²) in [7, 11) is -3.62. The van der Waals surface area contributed by atoms with Crippen LogP contribution in [0.2, 0.25) is 0 Å². The van der Waals surface area contributed by atoms with Crippen molar-refractivity contribution in [2.45, 2.75) is 32.6 Å². The molecule has 0 radical (unpaired) electrons. The predicted octanol–water partition coefficient (Wildman–Crippen LogP) is 1.63. The molecule has 7 heteroatoms. The molecule has 0 bridgehead atoms. The standard InChI is InChI=1S/C16H22N2O4S/c1-4-11(2)13-7-5-6-8-14(13)18-10-12(9-15(18)19)16(20)17-23(3,21)22/h5-8,11-12H,4,9-10H2,1-3H3,(H,17,20). The first-order chi connectivity index (χ1) is 10.7. The molecule has 23 heavy (non-hydrogen) atoms. The number of anilines is 1. The van der Waals surface area contributed by atoms with Crippen LogP contribution in [-0.2, 0) is 19.6 Å². The summed E-state index contributed by atoms with van der Waals surface area (Å²) in [6.07, 6.45) is 1.89. The van der Waals surface area contributed by atoms with Crippen LogP contribution in [0.4, 0.5) is 5.69 Å². The zero-order chi connectivity index (χ0) is 17.2. The number of nitrogens with zero attached hydrogens (tertiary/aromatic N) is 1. The van der Waals surface area contributed by atoms with Gasteiger partial charge in [-0.1, -0.05) is 32.0 Å². The first-order valence-electron chi connectivity index (χ1n) is 7.63. The van der Waals surface area contributed by atoms with Crippen LogP contribution in [0, 0.1) is 5.92 Å². The third-order valence-corrected chi connectivity index (χ3v) is 4.72. The number of amides is 2. The number of rotatable bonds is 5. The SMILES string of the molecule is CCC(C)c1ccccc1N1CC(C(=O)NS(C)(=O)=O)CC1=O. The Hall–Kier alpha value is -1.89. The normalized spacial score (nSPS) is 19.7. The van der Waals surface area contributed by atoms with Crippen LogP contribution in [0.1, 0.15) is 38.2 Å². The fourth-order valence-corrected chi connectivity index (χ4v) is 3.28. The number of benzene rings is 1. The summed E-state index contributed by atoms with van der Waals surface area (Å²) in [5, 5.41) is 0. The van der Waals surface area contributed by atoms with E-state index in [1.807, 2.05) is 29.0 Å². The lowest BCUT2D eigenvalue weighted by Crippen LogP contribution is -2.36. The van der Waals surface area contributed by atoms with Gasteiger partial charge in [0.1, 0.15) is 0 Å². The monoisotopic (exact) mass is 338 g/mol. The quantitative estimate of drug-likeness (QED) is 0.884. The summed E-state index contributed by atoms with van der Waals surface area (Å²) in [5.74, 6) is -1.14. The molecule has 2 rings (SSSR count). The first-order valence-corrected chi connectivity index (χ1v) is 9.53. The van der Waals surface area contributed by atoms with E-state index < -0.39 is 21.8 Å². The minimum atomic E-state index is -3.62. The largest absolute Gasteiger partial charge is 0.311 e.